The van der Waals surface area contributed by atoms with Crippen LogP contribution >= 0.6 is 15.9 Å². The molecule has 1 fully saturated rings. The van der Waals surface area contributed by atoms with Gasteiger partial charge in [0, 0.05) is 34.0 Å². The summed E-state index contributed by atoms with van der Waals surface area (Å²) in [6.07, 6.45) is 5.04. The quantitative estimate of drug-likeness (QED) is 0.869. The Morgan fingerprint density at radius 2 is 2.11 bits per heavy atom. The molecule has 1 aliphatic carbocycles. The molecule has 0 unspecified atom stereocenters. The molecule has 1 aromatic heterocycles. The molecule has 0 spiro atoms. The van der Waals surface area contributed by atoms with Crippen molar-refractivity contribution in [2.45, 2.75) is 23.3 Å². The summed E-state index contributed by atoms with van der Waals surface area (Å²) in [5, 5.41) is 2.18. The molecule has 3 rings (SSSR count). The molecule has 0 bridgehead atoms. The van der Waals surface area contributed by atoms with Gasteiger partial charge in [-0.25, -0.2) is 13.1 Å². The lowest BCUT2D eigenvalue weighted by atomic mass is 10.2. The number of rotatable bonds is 4. The first-order chi connectivity index (χ1) is 9.06. The van der Waals surface area contributed by atoms with Crippen LogP contribution in [0.15, 0.2) is 41.6 Å². The average molecular weight is 341 g/mol. The van der Waals surface area contributed by atoms with E-state index in [0.717, 1.165) is 18.2 Å². The number of fused-ring (bicyclic) bond motifs is 1. The number of benzene rings is 1. The Kier molecular flexibility index (Phi) is 3.11. The fraction of sp³-hybridized carbons (Fsp3) is 0.308. The van der Waals surface area contributed by atoms with Crippen molar-refractivity contribution < 1.29 is 8.42 Å². The van der Waals surface area contributed by atoms with Crippen molar-refractivity contribution in [3.8, 4) is 0 Å². The Balaban J connectivity index is 2.08. The van der Waals surface area contributed by atoms with Crippen LogP contribution < -0.4 is 4.72 Å². The molecule has 1 N–H and O–H groups in total. The molecule has 6 heteroatoms. The molecular weight excluding hydrogens is 328 g/mol. The number of halogens is 1. The SMILES string of the molecule is O=S(=O)(NC1(CBr)CC1)c1cccc2cnccc12. The number of hydrogen-bond acceptors (Lipinski definition) is 3. The molecule has 1 aromatic carbocycles. The van der Waals surface area contributed by atoms with Gasteiger partial charge in [-0.3, -0.25) is 4.98 Å². The van der Waals surface area contributed by atoms with E-state index in [9.17, 15) is 8.42 Å². The molecule has 100 valence electrons. The zero-order chi connectivity index (χ0) is 13.5. The maximum atomic E-state index is 12.5. The van der Waals surface area contributed by atoms with Crippen molar-refractivity contribution in [2.75, 3.05) is 5.33 Å². The maximum absolute atomic E-state index is 12.5. The number of hydrogen-bond donors (Lipinski definition) is 1. The van der Waals surface area contributed by atoms with Crippen LogP contribution in [0.4, 0.5) is 0 Å². The van der Waals surface area contributed by atoms with Crippen molar-refractivity contribution in [2.24, 2.45) is 0 Å². The number of pyridine rings is 1. The van der Waals surface area contributed by atoms with E-state index in [1.165, 1.54) is 0 Å². The molecule has 1 heterocycles. The van der Waals surface area contributed by atoms with Gasteiger partial charge in [-0.05, 0) is 25.0 Å². The molecule has 1 aliphatic rings. The summed E-state index contributed by atoms with van der Waals surface area (Å²) < 4.78 is 27.8. The highest BCUT2D eigenvalue weighted by atomic mass is 79.9. The Morgan fingerprint density at radius 1 is 1.32 bits per heavy atom. The zero-order valence-corrected chi connectivity index (χ0v) is 12.5. The second kappa shape index (κ2) is 4.54. The van der Waals surface area contributed by atoms with Gasteiger partial charge in [0.25, 0.3) is 0 Å². The Hall–Kier alpha value is -0.980. The number of alkyl halides is 1. The lowest BCUT2D eigenvalue weighted by Crippen LogP contribution is -2.38. The topological polar surface area (TPSA) is 59.1 Å². The van der Waals surface area contributed by atoms with Gasteiger partial charge in [-0.2, -0.15) is 0 Å². The van der Waals surface area contributed by atoms with E-state index in [1.54, 1.807) is 30.6 Å². The van der Waals surface area contributed by atoms with E-state index in [1.807, 2.05) is 6.07 Å². The third-order valence-electron chi connectivity index (χ3n) is 3.39. The third-order valence-corrected chi connectivity index (χ3v) is 6.10. The van der Waals surface area contributed by atoms with Gasteiger partial charge in [0.1, 0.15) is 0 Å². The predicted octanol–water partition coefficient (Wildman–Crippen LogP) is 2.44. The van der Waals surface area contributed by atoms with Crippen molar-refractivity contribution in [3.63, 3.8) is 0 Å². The van der Waals surface area contributed by atoms with Crippen LogP contribution in [0.2, 0.25) is 0 Å². The van der Waals surface area contributed by atoms with Crippen molar-refractivity contribution in [1.29, 1.82) is 0 Å². The Morgan fingerprint density at radius 3 is 2.79 bits per heavy atom. The monoisotopic (exact) mass is 340 g/mol. The minimum Gasteiger partial charge on any atom is -0.264 e. The minimum atomic E-state index is -3.50. The van der Waals surface area contributed by atoms with E-state index >= 15 is 0 Å². The first-order valence-corrected chi connectivity index (χ1v) is 8.60. The van der Waals surface area contributed by atoms with Gasteiger partial charge >= 0.3 is 0 Å². The second-order valence-corrected chi connectivity index (χ2v) is 7.08. The van der Waals surface area contributed by atoms with Gasteiger partial charge in [-0.1, -0.05) is 28.1 Å². The first kappa shape index (κ1) is 13.0. The summed E-state index contributed by atoms with van der Waals surface area (Å²) in [7, 11) is -3.50. The van der Waals surface area contributed by atoms with Crippen molar-refractivity contribution >= 4 is 36.7 Å². The van der Waals surface area contributed by atoms with E-state index in [4.69, 9.17) is 0 Å². The first-order valence-electron chi connectivity index (χ1n) is 5.99. The molecule has 0 radical (unpaired) electrons. The Bertz CT molecular complexity index is 721. The summed E-state index contributed by atoms with van der Waals surface area (Å²) in [5.41, 5.74) is -0.298. The lowest BCUT2D eigenvalue weighted by molar-refractivity contribution is 0.562. The molecule has 0 amide bonds. The van der Waals surface area contributed by atoms with Crippen LogP contribution in [0.25, 0.3) is 10.8 Å². The molecular formula is C13H13BrN2O2S. The van der Waals surface area contributed by atoms with E-state index < -0.39 is 10.0 Å². The smallest absolute Gasteiger partial charge is 0.241 e. The van der Waals surface area contributed by atoms with Gasteiger partial charge in [0.2, 0.25) is 10.0 Å². The van der Waals surface area contributed by atoms with Crippen LogP contribution in [0.5, 0.6) is 0 Å². The van der Waals surface area contributed by atoms with Crippen LogP contribution in [-0.4, -0.2) is 24.3 Å². The van der Waals surface area contributed by atoms with E-state index in [2.05, 4.69) is 25.6 Å². The van der Waals surface area contributed by atoms with Crippen molar-refractivity contribution in [3.05, 3.63) is 36.7 Å². The molecule has 19 heavy (non-hydrogen) atoms. The van der Waals surface area contributed by atoms with Crippen LogP contribution in [0, 0.1) is 0 Å². The predicted molar refractivity (Wildman–Crippen MR) is 77.8 cm³/mol. The zero-order valence-electron chi connectivity index (χ0n) is 10.1. The molecule has 0 aliphatic heterocycles. The van der Waals surface area contributed by atoms with Crippen LogP contribution in [0.3, 0.4) is 0 Å². The third kappa shape index (κ3) is 2.40. The summed E-state index contributed by atoms with van der Waals surface area (Å²) in [5.74, 6) is 0. The second-order valence-electron chi connectivity index (χ2n) is 4.87. The number of nitrogens with zero attached hydrogens (tertiary/aromatic N) is 1. The Labute approximate surface area is 120 Å². The highest BCUT2D eigenvalue weighted by Gasteiger charge is 2.45. The summed E-state index contributed by atoms with van der Waals surface area (Å²) in [6.45, 7) is 0. The normalized spacial score (nSPS) is 17.5. The fourth-order valence-corrected chi connectivity index (χ4v) is 4.66. The number of sulfonamides is 1. The number of nitrogens with one attached hydrogen (secondary N) is 1. The standard InChI is InChI=1S/C13H13BrN2O2S/c14-9-13(5-6-13)16-19(17,18)12-3-1-2-10-8-15-7-4-11(10)12/h1-4,7-8,16H,5-6,9H2. The van der Waals surface area contributed by atoms with Crippen molar-refractivity contribution in [1.82, 2.24) is 9.71 Å². The fourth-order valence-electron chi connectivity index (χ4n) is 2.08. The summed E-state index contributed by atoms with van der Waals surface area (Å²) >= 11 is 3.37. The van der Waals surface area contributed by atoms with Gasteiger partial charge in [0.15, 0.2) is 0 Å². The lowest BCUT2D eigenvalue weighted by Gasteiger charge is -2.15. The molecule has 1 saturated carbocycles. The highest BCUT2D eigenvalue weighted by Crippen LogP contribution is 2.38. The van der Waals surface area contributed by atoms with Gasteiger partial charge < -0.3 is 0 Å². The largest absolute Gasteiger partial charge is 0.264 e. The van der Waals surface area contributed by atoms with E-state index in [0.29, 0.717) is 15.6 Å². The molecule has 2 aromatic rings. The van der Waals surface area contributed by atoms with Crippen LogP contribution in [-0.2, 0) is 10.0 Å². The molecule has 0 atom stereocenters. The average Bonchev–Trinajstić information content (AvgIpc) is 3.17. The molecule has 4 nitrogen and oxygen atoms in total. The molecule has 0 saturated heterocycles. The number of aromatic nitrogens is 1. The summed E-state index contributed by atoms with van der Waals surface area (Å²) in [6, 6.07) is 6.97. The highest BCUT2D eigenvalue weighted by molar-refractivity contribution is 9.09. The van der Waals surface area contributed by atoms with Gasteiger partial charge in [0.05, 0.1) is 4.90 Å². The van der Waals surface area contributed by atoms with Gasteiger partial charge in [-0.15, -0.1) is 0 Å². The summed E-state index contributed by atoms with van der Waals surface area (Å²) in [4.78, 5) is 4.34. The van der Waals surface area contributed by atoms with Crippen LogP contribution in [0.1, 0.15) is 12.8 Å². The minimum absolute atomic E-state index is 0.298. The maximum Gasteiger partial charge on any atom is 0.241 e. The van der Waals surface area contributed by atoms with E-state index in [-0.39, 0.29) is 5.54 Å².